The molecule has 4 heteroatoms. The number of carbonyl (C=O) groups is 1. The number of hydrogen-bond acceptors (Lipinski definition) is 2. The van der Waals surface area contributed by atoms with E-state index in [4.69, 9.17) is 16.3 Å². The second-order valence-corrected chi connectivity index (χ2v) is 3.45. The highest BCUT2D eigenvalue weighted by atomic mass is 35.5. The molecule has 1 aliphatic rings. The number of cyclic esters (lactones) is 1. The molecule has 15 heavy (non-hydrogen) atoms. The second kappa shape index (κ2) is 4.24. The molecule has 0 bridgehead atoms. The summed E-state index contributed by atoms with van der Waals surface area (Å²) in [6.07, 6.45) is -0.385. The van der Waals surface area contributed by atoms with Crippen LogP contribution in [0.1, 0.15) is 5.56 Å². The summed E-state index contributed by atoms with van der Waals surface area (Å²) in [4.78, 5) is 12.4. The molecule has 0 unspecified atom stereocenters. The van der Waals surface area contributed by atoms with Crippen LogP contribution in [0.3, 0.4) is 0 Å². The van der Waals surface area contributed by atoms with E-state index in [0.29, 0.717) is 18.2 Å². The summed E-state index contributed by atoms with van der Waals surface area (Å²) in [5, 5.41) is 0.630. The van der Waals surface area contributed by atoms with E-state index in [2.05, 4.69) is 12.0 Å². The van der Waals surface area contributed by atoms with Crippen LogP contribution in [0.4, 0.5) is 4.79 Å². The van der Waals surface area contributed by atoms with Crippen molar-refractivity contribution in [3.8, 4) is 12.0 Å². The summed E-state index contributed by atoms with van der Waals surface area (Å²) in [5.41, 5.74) is 0.780. The molecule has 1 aromatic carbocycles. The van der Waals surface area contributed by atoms with E-state index in [1.165, 1.54) is 4.90 Å². The van der Waals surface area contributed by atoms with Gasteiger partial charge in [-0.05, 0) is 24.1 Å². The molecule has 76 valence electrons. The lowest BCUT2D eigenvalue weighted by Crippen LogP contribution is -2.17. The lowest BCUT2D eigenvalue weighted by atomic mass is 10.2. The maximum absolute atomic E-state index is 11.0. The molecule has 2 rings (SSSR count). The third kappa shape index (κ3) is 2.42. The minimum Gasteiger partial charge on any atom is -0.447 e. The highest BCUT2D eigenvalue weighted by Gasteiger charge is 2.19. The summed E-state index contributed by atoms with van der Waals surface area (Å²) < 4.78 is 4.74. The molecule has 0 spiro atoms. The first kappa shape index (κ1) is 9.88. The lowest BCUT2D eigenvalue weighted by Gasteiger charge is -1.99. The Morgan fingerprint density at radius 1 is 1.47 bits per heavy atom. The maximum atomic E-state index is 11.0. The highest BCUT2D eigenvalue weighted by molar-refractivity contribution is 6.30. The highest BCUT2D eigenvalue weighted by Crippen LogP contribution is 2.09. The van der Waals surface area contributed by atoms with Crippen LogP contribution in [0.5, 0.6) is 0 Å². The van der Waals surface area contributed by atoms with E-state index in [9.17, 15) is 4.79 Å². The van der Waals surface area contributed by atoms with E-state index in [1.807, 2.05) is 12.1 Å². The average molecular weight is 222 g/mol. The predicted octanol–water partition coefficient (Wildman–Crippen LogP) is 2.10. The van der Waals surface area contributed by atoms with Crippen LogP contribution in [0.2, 0.25) is 5.02 Å². The van der Waals surface area contributed by atoms with Crippen molar-refractivity contribution in [1.29, 1.82) is 0 Å². The Kier molecular flexibility index (Phi) is 2.79. The van der Waals surface area contributed by atoms with Gasteiger partial charge in [0.15, 0.2) is 0 Å². The van der Waals surface area contributed by atoms with Crippen LogP contribution < -0.4 is 0 Å². The van der Waals surface area contributed by atoms with Gasteiger partial charge in [-0.15, -0.1) is 0 Å². The van der Waals surface area contributed by atoms with E-state index >= 15 is 0 Å². The van der Waals surface area contributed by atoms with Crippen LogP contribution in [0.25, 0.3) is 0 Å². The third-order valence-corrected chi connectivity index (χ3v) is 2.16. The molecule has 1 amide bonds. The molecule has 0 N–H and O–H groups in total. The molecule has 0 atom stereocenters. The van der Waals surface area contributed by atoms with E-state index in [1.54, 1.807) is 12.1 Å². The fraction of sp³-hybridized carbons (Fsp3) is 0.182. The Morgan fingerprint density at radius 2 is 2.33 bits per heavy atom. The van der Waals surface area contributed by atoms with Crippen molar-refractivity contribution in [2.75, 3.05) is 13.2 Å². The molecule has 1 heterocycles. The van der Waals surface area contributed by atoms with Crippen molar-refractivity contribution in [2.45, 2.75) is 0 Å². The Hall–Kier alpha value is -1.66. The number of carbonyl (C=O) groups excluding carboxylic acids is 1. The molecule has 0 aliphatic carbocycles. The molecule has 0 aromatic heterocycles. The summed E-state index contributed by atoms with van der Waals surface area (Å²) in [5.74, 6) is 2.85. The Labute approximate surface area is 92.6 Å². The standard InChI is InChI=1S/C11H8ClNO2/c12-10-3-1-2-9(8-10)4-5-13-6-7-15-11(13)14/h1-3,8H,6-7H2. The van der Waals surface area contributed by atoms with Gasteiger partial charge in [-0.1, -0.05) is 17.7 Å². The maximum Gasteiger partial charge on any atom is 0.421 e. The Bertz CT molecular complexity index is 447. The van der Waals surface area contributed by atoms with Crippen LogP contribution in [-0.2, 0) is 4.74 Å². The van der Waals surface area contributed by atoms with Crippen LogP contribution >= 0.6 is 11.6 Å². The monoisotopic (exact) mass is 221 g/mol. The number of halogens is 1. The first-order chi connectivity index (χ1) is 7.25. The van der Waals surface area contributed by atoms with Gasteiger partial charge in [-0.2, -0.15) is 0 Å². The molecular weight excluding hydrogens is 214 g/mol. The summed E-state index contributed by atoms with van der Waals surface area (Å²) >= 11 is 5.80. The van der Waals surface area contributed by atoms with Gasteiger partial charge < -0.3 is 4.74 Å². The second-order valence-electron chi connectivity index (χ2n) is 3.01. The molecule has 0 radical (unpaired) electrons. The Morgan fingerprint density at radius 3 is 3.00 bits per heavy atom. The zero-order valence-corrected chi connectivity index (χ0v) is 8.62. The van der Waals surface area contributed by atoms with Crippen LogP contribution in [0, 0.1) is 12.0 Å². The minimum atomic E-state index is -0.385. The number of hydrogen-bond donors (Lipinski definition) is 0. The van der Waals surface area contributed by atoms with Gasteiger partial charge >= 0.3 is 6.09 Å². The molecule has 1 saturated heterocycles. The van der Waals surface area contributed by atoms with Crippen molar-refractivity contribution >= 4 is 17.7 Å². The van der Waals surface area contributed by atoms with Crippen molar-refractivity contribution in [3.63, 3.8) is 0 Å². The van der Waals surface area contributed by atoms with Crippen molar-refractivity contribution in [3.05, 3.63) is 34.9 Å². The van der Waals surface area contributed by atoms with Crippen molar-refractivity contribution in [2.24, 2.45) is 0 Å². The van der Waals surface area contributed by atoms with Crippen molar-refractivity contribution < 1.29 is 9.53 Å². The smallest absolute Gasteiger partial charge is 0.421 e. The fourth-order valence-electron chi connectivity index (χ4n) is 1.19. The van der Waals surface area contributed by atoms with Gasteiger partial charge in [0.05, 0.1) is 6.54 Å². The number of ether oxygens (including phenoxy) is 1. The first-order valence-corrected chi connectivity index (χ1v) is 4.85. The largest absolute Gasteiger partial charge is 0.447 e. The lowest BCUT2D eigenvalue weighted by molar-refractivity contribution is 0.167. The van der Waals surface area contributed by atoms with Gasteiger partial charge in [-0.3, -0.25) is 0 Å². The predicted molar refractivity (Wildman–Crippen MR) is 56.4 cm³/mol. The van der Waals surface area contributed by atoms with Gasteiger partial charge in [-0.25, -0.2) is 9.69 Å². The Balaban J connectivity index is 2.14. The zero-order valence-electron chi connectivity index (χ0n) is 7.87. The summed E-state index contributed by atoms with van der Waals surface area (Å²) in [6, 6.07) is 9.89. The van der Waals surface area contributed by atoms with Crippen LogP contribution in [-0.4, -0.2) is 24.1 Å². The normalized spacial score (nSPS) is 14.5. The molecular formula is C11H8ClNO2. The number of amides is 1. The molecule has 1 aliphatic heterocycles. The number of benzene rings is 1. The van der Waals surface area contributed by atoms with Gasteiger partial charge in [0.1, 0.15) is 6.61 Å². The molecule has 0 saturated carbocycles. The summed E-state index contributed by atoms with van der Waals surface area (Å²) in [7, 11) is 0. The number of nitrogens with zero attached hydrogens (tertiary/aromatic N) is 1. The van der Waals surface area contributed by atoms with E-state index in [0.717, 1.165) is 5.56 Å². The average Bonchev–Trinajstić information content (AvgIpc) is 2.61. The molecule has 1 fully saturated rings. The van der Waals surface area contributed by atoms with Crippen molar-refractivity contribution in [1.82, 2.24) is 4.90 Å². The van der Waals surface area contributed by atoms with E-state index < -0.39 is 0 Å². The first-order valence-electron chi connectivity index (χ1n) is 4.47. The zero-order chi connectivity index (χ0) is 10.7. The van der Waals surface area contributed by atoms with Gasteiger partial charge in [0.2, 0.25) is 0 Å². The van der Waals surface area contributed by atoms with Gasteiger partial charge in [0, 0.05) is 16.6 Å². The minimum absolute atomic E-state index is 0.385. The topological polar surface area (TPSA) is 29.5 Å². The SMILES string of the molecule is O=C1OCCN1C#Cc1cccc(Cl)c1. The van der Waals surface area contributed by atoms with Gasteiger partial charge in [0.25, 0.3) is 0 Å². The number of rotatable bonds is 0. The molecule has 1 aromatic rings. The fourth-order valence-corrected chi connectivity index (χ4v) is 1.38. The van der Waals surface area contributed by atoms with E-state index in [-0.39, 0.29) is 6.09 Å². The quantitative estimate of drug-likeness (QED) is 0.628. The third-order valence-electron chi connectivity index (χ3n) is 1.92. The van der Waals surface area contributed by atoms with Crippen LogP contribution in [0.15, 0.2) is 24.3 Å². The molecule has 3 nitrogen and oxygen atoms in total. The summed E-state index contributed by atoms with van der Waals surface area (Å²) in [6.45, 7) is 0.926.